The van der Waals surface area contributed by atoms with E-state index < -0.39 is 6.10 Å². The highest BCUT2D eigenvalue weighted by atomic mass is 16.6. The summed E-state index contributed by atoms with van der Waals surface area (Å²) in [4.78, 5) is 14.3. The van der Waals surface area contributed by atoms with Gasteiger partial charge in [-0.25, -0.2) is 0 Å². The maximum absolute atomic E-state index is 12.6. The first-order chi connectivity index (χ1) is 10.7. The summed E-state index contributed by atoms with van der Waals surface area (Å²) >= 11 is 0. The van der Waals surface area contributed by atoms with Gasteiger partial charge in [-0.2, -0.15) is 0 Å². The molecule has 1 amide bonds. The number of carbonyl (C=O) groups excluding carboxylic acids is 1. The van der Waals surface area contributed by atoms with E-state index in [4.69, 9.17) is 9.47 Å². The minimum Gasteiger partial charge on any atom is -0.485 e. The van der Waals surface area contributed by atoms with Crippen LogP contribution in [0.2, 0.25) is 0 Å². The maximum atomic E-state index is 12.6. The molecule has 2 aromatic rings. The summed E-state index contributed by atoms with van der Waals surface area (Å²) in [6.07, 6.45) is -0.605. The maximum Gasteiger partial charge on any atom is 0.267 e. The number of ether oxygens (including phenoxy) is 2. The van der Waals surface area contributed by atoms with E-state index in [0.29, 0.717) is 11.5 Å². The lowest BCUT2D eigenvalue weighted by molar-refractivity contribution is -0.141. The van der Waals surface area contributed by atoms with Gasteiger partial charge in [-0.3, -0.25) is 4.79 Å². The smallest absolute Gasteiger partial charge is 0.267 e. The van der Waals surface area contributed by atoms with E-state index in [-0.39, 0.29) is 18.6 Å². The molecule has 1 heterocycles. The van der Waals surface area contributed by atoms with Crippen molar-refractivity contribution in [2.24, 2.45) is 0 Å². The fraction of sp³-hybridized carbons (Fsp3) is 0.278. The van der Waals surface area contributed by atoms with Crippen LogP contribution in [0, 0.1) is 0 Å². The fourth-order valence-electron chi connectivity index (χ4n) is 2.51. The Morgan fingerprint density at radius 3 is 2.45 bits per heavy atom. The van der Waals surface area contributed by atoms with Crippen molar-refractivity contribution in [2.75, 3.05) is 13.7 Å². The molecule has 0 fully saturated rings. The molecule has 0 aliphatic carbocycles. The van der Waals surface area contributed by atoms with Gasteiger partial charge in [0, 0.05) is 7.05 Å². The predicted molar refractivity (Wildman–Crippen MR) is 84.0 cm³/mol. The Morgan fingerprint density at radius 1 is 1.09 bits per heavy atom. The zero-order chi connectivity index (χ0) is 15.5. The third-order valence-corrected chi connectivity index (χ3v) is 3.99. The van der Waals surface area contributed by atoms with Gasteiger partial charge in [0.2, 0.25) is 6.10 Å². The Kier molecular flexibility index (Phi) is 4.00. The van der Waals surface area contributed by atoms with Crippen LogP contribution in [0.4, 0.5) is 0 Å². The number of hydrogen-bond donors (Lipinski definition) is 0. The van der Waals surface area contributed by atoms with E-state index in [9.17, 15) is 4.79 Å². The van der Waals surface area contributed by atoms with Crippen molar-refractivity contribution >= 4 is 5.91 Å². The van der Waals surface area contributed by atoms with Crippen molar-refractivity contribution in [3.8, 4) is 11.5 Å². The molecule has 0 saturated carbocycles. The minimum absolute atomic E-state index is 0.0190. The number of para-hydroxylation sites is 2. The van der Waals surface area contributed by atoms with Gasteiger partial charge in [-0.1, -0.05) is 42.5 Å². The molecule has 0 N–H and O–H groups in total. The van der Waals surface area contributed by atoms with E-state index in [2.05, 4.69) is 0 Å². The topological polar surface area (TPSA) is 38.8 Å². The third kappa shape index (κ3) is 2.77. The zero-order valence-corrected chi connectivity index (χ0v) is 12.7. The molecule has 0 spiro atoms. The molecule has 4 heteroatoms. The standard InChI is InChI=1S/C18H19NO3/c1-13(14-8-4-3-5-9-14)19(2)18(20)17-12-21-15-10-6-7-11-16(15)22-17/h3-11,13,17H,12H2,1-2H3/t13-,17+/m1/s1. The van der Waals surface area contributed by atoms with Crippen LogP contribution in [0.25, 0.3) is 0 Å². The van der Waals surface area contributed by atoms with Crippen LogP contribution in [-0.4, -0.2) is 30.6 Å². The predicted octanol–water partition coefficient (Wildman–Crippen LogP) is 3.05. The molecule has 22 heavy (non-hydrogen) atoms. The van der Waals surface area contributed by atoms with Crippen molar-refractivity contribution < 1.29 is 14.3 Å². The largest absolute Gasteiger partial charge is 0.485 e. The fourth-order valence-corrected chi connectivity index (χ4v) is 2.51. The van der Waals surface area contributed by atoms with Crippen molar-refractivity contribution in [2.45, 2.75) is 19.1 Å². The van der Waals surface area contributed by atoms with Crippen LogP contribution in [0.1, 0.15) is 18.5 Å². The number of benzene rings is 2. The van der Waals surface area contributed by atoms with Crippen LogP contribution >= 0.6 is 0 Å². The normalized spacial score (nSPS) is 17.6. The van der Waals surface area contributed by atoms with Crippen LogP contribution in [0.5, 0.6) is 11.5 Å². The lowest BCUT2D eigenvalue weighted by Gasteiger charge is -2.32. The van der Waals surface area contributed by atoms with Crippen LogP contribution in [0.3, 0.4) is 0 Å². The second-order valence-corrected chi connectivity index (χ2v) is 5.40. The molecule has 2 aromatic carbocycles. The van der Waals surface area contributed by atoms with Gasteiger partial charge in [-0.05, 0) is 24.6 Å². The first-order valence-corrected chi connectivity index (χ1v) is 7.37. The van der Waals surface area contributed by atoms with E-state index in [0.717, 1.165) is 5.56 Å². The molecule has 114 valence electrons. The molecule has 0 saturated heterocycles. The van der Waals surface area contributed by atoms with E-state index in [1.54, 1.807) is 11.9 Å². The zero-order valence-electron chi connectivity index (χ0n) is 12.7. The lowest BCUT2D eigenvalue weighted by atomic mass is 10.1. The van der Waals surface area contributed by atoms with Gasteiger partial charge in [0.15, 0.2) is 11.5 Å². The molecule has 0 bridgehead atoms. The number of carbonyl (C=O) groups is 1. The summed E-state index contributed by atoms with van der Waals surface area (Å²) in [5.41, 5.74) is 1.09. The summed E-state index contributed by atoms with van der Waals surface area (Å²) in [6, 6.07) is 17.3. The lowest BCUT2D eigenvalue weighted by Crippen LogP contribution is -2.45. The summed E-state index contributed by atoms with van der Waals surface area (Å²) in [5, 5.41) is 0. The van der Waals surface area contributed by atoms with Crippen molar-refractivity contribution in [1.82, 2.24) is 4.90 Å². The Hall–Kier alpha value is -2.49. The number of amides is 1. The van der Waals surface area contributed by atoms with Crippen LogP contribution in [-0.2, 0) is 4.79 Å². The van der Waals surface area contributed by atoms with Crippen LogP contribution < -0.4 is 9.47 Å². The van der Waals surface area contributed by atoms with E-state index in [1.165, 1.54) is 0 Å². The molecule has 0 unspecified atom stereocenters. The average molecular weight is 297 g/mol. The van der Waals surface area contributed by atoms with Crippen LogP contribution in [0.15, 0.2) is 54.6 Å². The summed E-state index contributed by atoms with van der Waals surface area (Å²) in [7, 11) is 1.80. The SMILES string of the molecule is C[C@H](c1ccccc1)N(C)C(=O)[C@@H]1COc2ccccc2O1. The van der Waals surface area contributed by atoms with Gasteiger partial charge in [-0.15, -0.1) is 0 Å². The van der Waals surface area contributed by atoms with Crippen molar-refractivity contribution in [1.29, 1.82) is 0 Å². The monoisotopic (exact) mass is 297 g/mol. The number of likely N-dealkylation sites (N-methyl/N-ethyl adjacent to an activating group) is 1. The molecule has 1 aliphatic rings. The summed E-state index contributed by atoms with van der Waals surface area (Å²) < 4.78 is 11.4. The molecule has 1 aliphatic heterocycles. The molecule has 4 nitrogen and oxygen atoms in total. The van der Waals surface area contributed by atoms with Gasteiger partial charge >= 0.3 is 0 Å². The highest BCUT2D eigenvalue weighted by molar-refractivity contribution is 5.82. The van der Waals surface area contributed by atoms with E-state index >= 15 is 0 Å². The van der Waals surface area contributed by atoms with E-state index in [1.807, 2.05) is 61.5 Å². The van der Waals surface area contributed by atoms with Crippen molar-refractivity contribution in [3.63, 3.8) is 0 Å². The molecule has 0 aromatic heterocycles. The summed E-state index contributed by atoms with van der Waals surface area (Å²) in [5.74, 6) is 1.23. The third-order valence-electron chi connectivity index (χ3n) is 3.99. The first kappa shape index (κ1) is 14.4. The second-order valence-electron chi connectivity index (χ2n) is 5.40. The Morgan fingerprint density at radius 2 is 1.73 bits per heavy atom. The van der Waals surface area contributed by atoms with Gasteiger partial charge in [0.25, 0.3) is 5.91 Å². The first-order valence-electron chi connectivity index (χ1n) is 7.37. The Balaban J connectivity index is 1.72. The highest BCUT2D eigenvalue weighted by Crippen LogP contribution is 2.31. The number of rotatable bonds is 3. The Bertz CT molecular complexity index is 652. The molecular formula is C18H19NO3. The highest BCUT2D eigenvalue weighted by Gasteiger charge is 2.31. The van der Waals surface area contributed by atoms with Gasteiger partial charge in [0.1, 0.15) is 6.61 Å². The van der Waals surface area contributed by atoms with Crippen molar-refractivity contribution in [3.05, 3.63) is 60.2 Å². The van der Waals surface area contributed by atoms with Gasteiger partial charge in [0.05, 0.1) is 6.04 Å². The molecule has 3 rings (SSSR count). The quantitative estimate of drug-likeness (QED) is 0.874. The second kappa shape index (κ2) is 6.10. The molecule has 2 atom stereocenters. The minimum atomic E-state index is -0.605. The molecule has 0 radical (unpaired) electrons. The number of hydrogen-bond acceptors (Lipinski definition) is 3. The number of fused-ring (bicyclic) bond motifs is 1. The molecular weight excluding hydrogens is 278 g/mol. The summed E-state index contributed by atoms with van der Waals surface area (Å²) in [6.45, 7) is 2.24. The average Bonchev–Trinajstić information content (AvgIpc) is 2.60. The van der Waals surface area contributed by atoms with Gasteiger partial charge < -0.3 is 14.4 Å². The number of nitrogens with zero attached hydrogens (tertiary/aromatic N) is 1. The Labute approximate surface area is 130 Å².